The molecule has 0 aromatic heterocycles. The Hall–Kier alpha value is -2.49. The van der Waals surface area contributed by atoms with Crippen LogP contribution in [0.3, 0.4) is 0 Å². The highest BCUT2D eigenvalue weighted by Crippen LogP contribution is 2.21. The molecular formula is C26H37N3O5. The molecule has 1 saturated heterocycles. The number of carbonyl (C=O) groups excluding carboxylic acids is 1. The van der Waals surface area contributed by atoms with Crippen molar-refractivity contribution >= 4 is 5.91 Å². The average Bonchev–Trinajstić information content (AvgIpc) is 2.87. The molecule has 186 valence electrons. The zero-order valence-corrected chi connectivity index (χ0v) is 19.9. The number of ether oxygens (including phenoxy) is 1. The molecular weight excluding hydrogens is 434 g/mol. The molecule has 8 nitrogen and oxygen atoms in total. The van der Waals surface area contributed by atoms with Crippen LogP contribution in [0.15, 0.2) is 54.6 Å². The third-order valence-corrected chi connectivity index (χ3v) is 6.25. The topological polar surface area (TPSA) is 94.5 Å². The standard InChI is InChI=1S/C26H37N3O5/c1-2-33-23-13-11-21(12-14-23)9-6-10-24(25(30)20-34-27-32)26(31)29-17-15-28(16-18-29)19-22-7-4-3-5-8-22/h3-5,7-8,11-14,24-25,27,30,32H,2,6,9-10,15-20H2,1H3/t24-,25-/m1/s1. The van der Waals surface area contributed by atoms with E-state index in [-0.39, 0.29) is 12.5 Å². The van der Waals surface area contributed by atoms with Crippen LogP contribution in [0.2, 0.25) is 0 Å². The van der Waals surface area contributed by atoms with E-state index < -0.39 is 12.0 Å². The number of nitrogens with zero attached hydrogens (tertiary/aromatic N) is 2. The number of rotatable bonds is 13. The molecule has 3 rings (SSSR count). The molecule has 1 fully saturated rings. The summed E-state index contributed by atoms with van der Waals surface area (Å²) in [7, 11) is 0. The van der Waals surface area contributed by atoms with Crippen LogP contribution in [-0.4, -0.2) is 71.5 Å². The van der Waals surface area contributed by atoms with E-state index >= 15 is 0 Å². The van der Waals surface area contributed by atoms with Crippen LogP contribution in [0.1, 0.15) is 30.9 Å². The predicted octanol–water partition coefficient (Wildman–Crippen LogP) is 2.64. The second kappa shape index (κ2) is 14.0. The predicted molar refractivity (Wildman–Crippen MR) is 129 cm³/mol. The zero-order valence-electron chi connectivity index (χ0n) is 19.9. The first kappa shape index (κ1) is 26.1. The molecule has 1 heterocycles. The maximum absolute atomic E-state index is 13.3. The van der Waals surface area contributed by atoms with Gasteiger partial charge < -0.3 is 14.7 Å². The van der Waals surface area contributed by atoms with Gasteiger partial charge in [-0.05, 0) is 49.4 Å². The van der Waals surface area contributed by atoms with E-state index in [1.165, 1.54) is 5.56 Å². The molecule has 0 spiro atoms. The van der Waals surface area contributed by atoms with Gasteiger partial charge in [0.05, 0.1) is 25.2 Å². The highest BCUT2D eigenvalue weighted by molar-refractivity contribution is 5.79. The SMILES string of the molecule is CCOc1ccc(CCC[C@@H](C(=O)N2CCN(Cc3ccccc3)CC2)[C@H](O)CONO)cc1. The van der Waals surface area contributed by atoms with Crippen LogP contribution in [0.5, 0.6) is 5.75 Å². The number of piperazine rings is 1. The number of benzene rings is 2. The normalized spacial score (nSPS) is 16.3. The van der Waals surface area contributed by atoms with Gasteiger partial charge in [0.1, 0.15) is 5.75 Å². The monoisotopic (exact) mass is 471 g/mol. The van der Waals surface area contributed by atoms with Crippen molar-refractivity contribution in [2.45, 2.75) is 38.8 Å². The Labute approximate surface area is 202 Å². The van der Waals surface area contributed by atoms with Crippen molar-refractivity contribution in [3.05, 3.63) is 65.7 Å². The molecule has 1 amide bonds. The van der Waals surface area contributed by atoms with Gasteiger partial charge in [-0.25, -0.2) is 0 Å². The molecule has 2 atom stereocenters. The third-order valence-electron chi connectivity index (χ3n) is 6.25. The summed E-state index contributed by atoms with van der Waals surface area (Å²) in [4.78, 5) is 22.3. The van der Waals surface area contributed by atoms with Crippen molar-refractivity contribution in [2.24, 2.45) is 5.92 Å². The lowest BCUT2D eigenvalue weighted by Crippen LogP contribution is -2.52. The first-order valence-corrected chi connectivity index (χ1v) is 12.1. The molecule has 1 aliphatic rings. The van der Waals surface area contributed by atoms with Crippen molar-refractivity contribution in [3.8, 4) is 5.75 Å². The summed E-state index contributed by atoms with van der Waals surface area (Å²) in [6.45, 7) is 6.15. The van der Waals surface area contributed by atoms with Crippen molar-refractivity contribution < 1.29 is 24.7 Å². The zero-order chi connectivity index (χ0) is 24.2. The van der Waals surface area contributed by atoms with Crippen LogP contribution in [0.4, 0.5) is 0 Å². The number of carbonyl (C=O) groups is 1. The van der Waals surface area contributed by atoms with Gasteiger partial charge in [0.15, 0.2) is 0 Å². The Balaban J connectivity index is 1.52. The molecule has 8 heteroatoms. The Morgan fingerprint density at radius 1 is 1.03 bits per heavy atom. The van der Waals surface area contributed by atoms with Crippen molar-refractivity contribution in [3.63, 3.8) is 0 Å². The lowest BCUT2D eigenvalue weighted by Gasteiger charge is -2.37. The molecule has 1 aliphatic heterocycles. The number of hydrogen-bond acceptors (Lipinski definition) is 7. The Kier molecular flexibility index (Phi) is 10.8. The fraction of sp³-hybridized carbons (Fsp3) is 0.500. The smallest absolute Gasteiger partial charge is 0.228 e. The molecule has 2 aromatic rings. The van der Waals surface area contributed by atoms with E-state index in [2.05, 4.69) is 17.0 Å². The second-order valence-electron chi connectivity index (χ2n) is 8.63. The van der Waals surface area contributed by atoms with Crippen LogP contribution < -0.4 is 10.4 Å². The summed E-state index contributed by atoms with van der Waals surface area (Å²) in [6, 6.07) is 18.3. The Bertz CT molecular complexity index is 841. The highest BCUT2D eigenvalue weighted by Gasteiger charge is 2.32. The number of nitrogens with one attached hydrogen (secondary N) is 1. The lowest BCUT2D eigenvalue weighted by molar-refractivity contribution is -0.163. The first-order chi connectivity index (χ1) is 16.6. The van der Waals surface area contributed by atoms with Gasteiger partial charge in [0, 0.05) is 32.7 Å². The molecule has 0 bridgehead atoms. The summed E-state index contributed by atoms with van der Waals surface area (Å²) in [5.41, 5.74) is 4.02. The van der Waals surface area contributed by atoms with Gasteiger partial charge in [-0.15, -0.1) is 0 Å². The van der Waals surface area contributed by atoms with Gasteiger partial charge >= 0.3 is 0 Å². The Morgan fingerprint density at radius 3 is 2.38 bits per heavy atom. The number of hydrogen-bond donors (Lipinski definition) is 3. The fourth-order valence-corrected chi connectivity index (χ4v) is 4.37. The van der Waals surface area contributed by atoms with E-state index in [4.69, 9.17) is 14.8 Å². The first-order valence-electron chi connectivity index (χ1n) is 12.1. The van der Waals surface area contributed by atoms with Gasteiger partial charge in [0.2, 0.25) is 5.91 Å². The van der Waals surface area contributed by atoms with Crippen molar-refractivity contribution in [2.75, 3.05) is 39.4 Å². The van der Waals surface area contributed by atoms with Crippen LogP contribution in [-0.2, 0) is 22.6 Å². The second-order valence-corrected chi connectivity index (χ2v) is 8.63. The molecule has 34 heavy (non-hydrogen) atoms. The van der Waals surface area contributed by atoms with E-state index in [0.717, 1.165) is 43.8 Å². The molecule has 3 N–H and O–H groups in total. The highest BCUT2D eigenvalue weighted by atomic mass is 16.8. The summed E-state index contributed by atoms with van der Waals surface area (Å²) >= 11 is 0. The van der Waals surface area contributed by atoms with Gasteiger partial charge in [-0.2, -0.15) is 0 Å². The summed E-state index contributed by atoms with van der Waals surface area (Å²) in [5, 5.41) is 19.4. The quantitative estimate of drug-likeness (QED) is 0.387. The fourth-order valence-electron chi connectivity index (χ4n) is 4.37. The number of aryl methyl sites for hydroxylation is 1. The van der Waals surface area contributed by atoms with Crippen LogP contribution >= 0.6 is 0 Å². The largest absolute Gasteiger partial charge is 0.494 e. The molecule has 2 aromatic carbocycles. The van der Waals surface area contributed by atoms with Crippen LogP contribution in [0, 0.1) is 5.92 Å². The van der Waals surface area contributed by atoms with Gasteiger partial charge in [-0.3, -0.25) is 19.7 Å². The maximum atomic E-state index is 13.3. The minimum absolute atomic E-state index is 0.0555. The summed E-state index contributed by atoms with van der Waals surface area (Å²) in [6.07, 6.45) is 1.08. The maximum Gasteiger partial charge on any atom is 0.228 e. The minimum atomic E-state index is -1.00. The summed E-state index contributed by atoms with van der Waals surface area (Å²) in [5.74, 6) is 0.201. The van der Waals surface area contributed by atoms with E-state index in [1.807, 2.05) is 54.3 Å². The summed E-state index contributed by atoms with van der Waals surface area (Å²) < 4.78 is 5.48. The van der Waals surface area contributed by atoms with Gasteiger partial charge in [0.25, 0.3) is 0 Å². The Morgan fingerprint density at radius 2 is 1.74 bits per heavy atom. The molecule has 0 aliphatic carbocycles. The van der Waals surface area contributed by atoms with Crippen LogP contribution in [0.25, 0.3) is 0 Å². The van der Waals surface area contributed by atoms with E-state index in [0.29, 0.717) is 26.1 Å². The van der Waals surface area contributed by atoms with Gasteiger partial charge in [-0.1, -0.05) is 48.1 Å². The number of amides is 1. The molecule has 0 saturated carbocycles. The molecule has 0 radical (unpaired) electrons. The van der Waals surface area contributed by atoms with Crippen molar-refractivity contribution in [1.29, 1.82) is 0 Å². The molecule has 0 unspecified atom stereocenters. The number of aliphatic hydroxyl groups excluding tert-OH is 1. The lowest BCUT2D eigenvalue weighted by atomic mass is 9.93. The number of aliphatic hydroxyl groups is 1. The van der Waals surface area contributed by atoms with E-state index in [9.17, 15) is 9.90 Å². The average molecular weight is 472 g/mol. The van der Waals surface area contributed by atoms with E-state index in [1.54, 1.807) is 5.64 Å². The minimum Gasteiger partial charge on any atom is -0.494 e. The third kappa shape index (κ3) is 8.07. The van der Waals surface area contributed by atoms with Crippen molar-refractivity contribution in [1.82, 2.24) is 15.4 Å².